The Morgan fingerprint density at radius 1 is 1.13 bits per heavy atom. The van der Waals surface area contributed by atoms with Gasteiger partial charge in [-0.3, -0.25) is 14.7 Å². The van der Waals surface area contributed by atoms with E-state index in [-0.39, 0.29) is 17.1 Å². The lowest BCUT2D eigenvalue weighted by Gasteiger charge is -2.37. The third-order valence-corrected chi connectivity index (χ3v) is 6.55. The van der Waals surface area contributed by atoms with E-state index >= 15 is 0 Å². The number of halogens is 1. The number of benzene rings is 1. The molecule has 0 spiro atoms. The van der Waals surface area contributed by atoms with Gasteiger partial charge >= 0.3 is 0 Å². The van der Waals surface area contributed by atoms with Crippen molar-refractivity contribution in [2.75, 3.05) is 72.1 Å². The lowest BCUT2D eigenvalue weighted by molar-refractivity contribution is -0.136. The molecule has 1 amide bonds. The van der Waals surface area contributed by atoms with Crippen LogP contribution in [0.5, 0.6) is 0 Å². The number of hydrogen-bond donors (Lipinski definition) is 1. The van der Waals surface area contributed by atoms with Gasteiger partial charge in [-0.2, -0.15) is 0 Å². The van der Waals surface area contributed by atoms with E-state index in [9.17, 15) is 9.18 Å². The van der Waals surface area contributed by atoms with Gasteiger partial charge in [-0.1, -0.05) is 12.1 Å². The maximum Gasteiger partial charge on any atom is 0.236 e. The second kappa shape index (κ2) is 9.96. The van der Waals surface area contributed by atoms with Crippen molar-refractivity contribution >= 4 is 11.9 Å². The van der Waals surface area contributed by atoms with Gasteiger partial charge in [0.15, 0.2) is 5.96 Å². The monoisotopic (exact) mass is 431 g/mol. The van der Waals surface area contributed by atoms with Crippen LogP contribution in [0.3, 0.4) is 0 Å². The molecule has 0 atom stereocenters. The normalized spacial score (nSPS) is 21.8. The standard InChI is InChI=1S/C23H34FN5O2/c1-2-25-22(26-18-23(6-7-23)19-4-3-5-20(24)16-19)29-10-8-27(9-11-29)17-21(30)28-12-14-31-15-13-28/h3-5,16H,2,6-15,17-18H2,1H3,(H,25,26). The Morgan fingerprint density at radius 2 is 1.87 bits per heavy atom. The average Bonchev–Trinajstić information content (AvgIpc) is 3.59. The molecule has 0 bridgehead atoms. The van der Waals surface area contributed by atoms with E-state index in [0.29, 0.717) is 39.4 Å². The quantitative estimate of drug-likeness (QED) is 0.544. The number of aliphatic imine (C=N–C) groups is 1. The summed E-state index contributed by atoms with van der Waals surface area (Å²) in [5.41, 5.74) is 1.04. The number of hydrogen-bond acceptors (Lipinski definition) is 4. The van der Waals surface area contributed by atoms with Crippen molar-refractivity contribution in [2.45, 2.75) is 25.2 Å². The molecule has 1 aromatic carbocycles. The molecule has 4 rings (SSSR count). The van der Waals surface area contributed by atoms with Gasteiger partial charge in [0.2, 0.25) is 5.91 Å². The van der Waals surface area contributed by atoms with Crippen LogP contribution in [0.4, 0.5) is 4.39 Å². The highest BCUT2D eigenvalue weighted by molar-refractivity contribution is 5.80. The molecular formula is C23H34FN5O2. The molecule has 3 fully saturated rings. The second-order valence-corrected chi connectivity index (χ2v) is 8.72. The van der Waals surface area contributed by atoms with Crippen molar-refractivity contribution in [1.82, 2.24) is 20.0 Å². The van der Waals surface area contributed by atoms with Crippen molar-refractivity contribution in [2.24, 2.45) is 4.99 Å². The summed E-state index contributed by atoms with van der Waals surface area (Å²) in [6, 6.07) is 6.95. The highest BCUT2D eigenvalue weighted by atomic mass is 19.1. The van der Waals surface area contributed by atoms with Crippen LogP contribution >= 0.6 is 0 Å². The van der Waals surface area contributed by atoms with Crippen LogP contribution in [0.2, 0.25) is 0 Å². The first-order valence-electron chi connectivity index (χ1n) is 11.5. The third-order valence-electron chi connectivity index (χ3n) is 6.55. The van der Waals surface area contributed by atoms with Crippen molar-refractivity contribution in [3.8, 4) is 0 Å². The fourth-order valence-corrected chi connectivity index (χ4v) is 4.38. The smallest absolute Gasteiger partial charge is 0.236 e. The number of nitrogens with one attached hydrogen (secondary N) is 1. The highest BCUT2D eigenvalue weighted by Gasteiger charge is 2.44. The minimum atomic E-state index is -0.178. The Balaban J connectivity index is 1.31. The molecule has 1 N–H and O–H groups in total. The van der Waals surface area contributed by atoms with Gasteiger partial charge in [-0.15, -0.1) is 0 Å². The topological polar surface area (TPSA) is 60.4 Å². The number of morpholine rings is 1. The number of piperazine rings is 1. The Labute approximate surface area is 184 Å². The van der Waals surface area contributed by atoms with Crippen molar-refractivity contribution in [3.05, 3.63) is 35.6 Å². The summed E-state index contributed by atoms with van der Waals surface area (Å²) < 4.78 is 19.0. The molecule has 2 heterocycles. The Morgan fingerprint density at radius 3 is 2.52 bits per heavy atom. The first-order valence-corrected chi connectivity index (χ1v) is 11.5. The second-order valence-electron chi connectivity index (χ2n) is 8.72. The fraction of sp³-hybridized carbons (Fsp3) is 0.652. The summed E-state index contributed by atoms with van der Waals surface area (Å²) in [5.74, 6) is 0.940. The molecule has 0 unspecified atom stereocenters. The number of guanidine groups is 1. The predicted molar refractivity (Wildman–Crippen MR) is 119 cm³/mol. The van der Waals surface area contributed by atoms with Gasteiger partial charge in [-0.05, 0) is 37.5 Å². The molecule has 31 heavy (non-hydrogen) atoms. The largest absolute Gasteiger partial charge is 0.378 e. The summed E-state index contributed by atoms with van der Waals surface area (Å²) in [6.07, 6.45) is 2.10. The number of carbonyl (C=O) groups is 1. The van der Waals surface area contributed by atoms with Gasteiger partial charge in [-0.25, -0.2) is 4.39 Å². The SMILES string of the molecule is CCNC(=NCC1(c2cccc(F)c2)CC1)N1CCN(CC(=O)N2CCOCC2)CC1. The number of amides is 1. The molecule has 0 radical (unpaired) electrons. The number of carbonyl (C=O) groups excluding carboxylic acids is 1. The summed E-state index contributed by atoms with van der Waals surface area (Å²) >= 11 is 0. The lowest BCUT2D eigenvalue weighted by atomic mass is 9.96. The minimum absolute atomic E-state index is 0.0187. The number of nitrogens with zero attached hydrogens (tertiary/aromatic N) is 4. The maximum atomic E-state index is 13.7. The Kier molecular flexibility index (Phi) is 7.07. The molecule has 1 aromatic rings. The van der Waals surface area contributed by atoms with Crippen molar-refractivity contribution in [1.29, 1.82) is 0 Å². The van der Waals surface area contributed by atoms with Crippen LogP contribution in [0, 0.1) is 5.82 Å². The Hall–Kier alpha value is -2.19. The zero-order chi connectivity index (χ0) is 21.7. The van der Waals surface area contributed by atoms with E-state index in [1.807, 2.05) is 11.0 Å². The van der Waals surface area contributed by atoms with Gasteiger partial charge in [0.1, 0.15) is 5.82 Å². The van der Waals surface area contributed by atoms with Crippen molar-refractivity contribution < 1.29 is 13.9 Å². The first kappa shape index (κ1) is 22.0. The van der Waals surface area contributed by atoms with Gasteiger partial charge < -0.3 is 19.9 Å². The summed E-state index contributed by atoms with van der Waals surface area (Å²) in [5, 5.41) is 3.42. The first-order chi connectivity index (χ1) is 15.1. The zero-order valence-electron chi connectivity index (χ0n) is 18.5. The molecule has 1 aliphatic carbocycles. The highest BCUT2D eigenvalue weighted by Crippen LogP contribution is 2.48. The minimum Gasteiger partial charge on any atom is -0.378 e. The summed E-state index contributed by atoms with van der Waals surface area (Å²) in [6.45, 7) is 10.1. The summed E-state index contributed by atoms with van der Waals surface area (Å²) in [4.78, 5) is 23.9. The average molecular weight is 432 g/mol. The maximum absolute atomic E-state index is 13.7. The number of rotatable bonds is 6. The fourth-order valence-electron chi connectivity index (χ4n) is 4.38. The van der Waals surface area contributed by atoms with Gasteiger partial charge in [0.05, 0.1) is 26.3 Å². The number of ether oxygens (including phenoxy) is 1. The van der Waals surface area contributed by atoms with E-state index in [1.165, 1.54) is 6.07 Å². The molecule has 2 aliphatic heterocycles. The molecule has 7 nitrogen and oxygen atoms in total. The molecule has 3 aliphatic rings. The summed E-state index contributed by atoms with van der Waals surface area (Å²) in [7, 11) is 0. The van der Waals surface area contributed by atoms with E-state index in [0.717, 1.165) is 57.1 Å². The molecule has 0 aromatic heterocycles. The van der Waals surface area contributed by atoms with E-state index in [2.05, 4.69) is 22.0 Å². The zero-order valence-corrected chi connectivity index (χ0v) is 18.5. The van der Waals surface area contributed by atoms with E-state index in [1.54, 1.807) is 12.1 Å². The van der Waals surface area contributed by atoms with Crippen LogP contribution in [-0.4, -0.2) is 98.7 Å². The van der Waals surface area contributed by atoms with E-state index < -0.39 is 0 Å². The molecule has 170 valence electrons. The molecule has 8 heteroatoms. The van der Waals surface area contributed by atoms with Crippen molar-refractivity contribution in [3.63, 3.8) is 0 Å². The van der Waals surface area contributed by atoms with E-state index in [4.69, 9.17) is 9.73 Å². The van der Waals surface area contributed by atoms with Crippen LogP contribution in [-0.2, 0) is 14.9 Å². The molecule has 2 saturated heterocycles. The predicted octanol–water partition coefficient (Wildman–Crippen LogP) is 1.30. The molecular weight excluding hydrogens is 397 g/mol. The lowest BCUT2D eigenvalue weighted by Crippen LogP contribution is -2.55. The van der Waals surface area contributed by atoms with Gasteiger partial charge in [0, 0.05) is 51.2 Å². The van der Waals surface area contributed by atoms with Crippen LogP contribution in [0.15, 0.2) is 29.3 Å². The third kappa shape index (κ3) is 5.54. The molecule has 1 saturated carbocycles. The van der Waals surface area contributed by atoms with Crippen LogP contribution < -0.4 is 5.32 Å². The Bertz CT molecular complexity index is 784. The van der Waals surface area contributed by atoms with Crippen LogP contribution in [0.25, 0.3) is 0 Å². The van der Waals surface area contributed by atoms with Gasteiger partial charge in [0.25, 0.3) is 0 Å². The van der Waals surface area contributed by atoms with Crippen LogP contribution in [0.1, 0.15) is 25.3 Å².